The van der Waals surface area contributed by atoms with Crippen molar-refractivity contribution in [3.63, 3.8) is 0 Å². The summed E-state index contributed by atoms with van der Waals surface area (Å²) in [4.78, 5) is 10.5. The molecule has 0 aliphatic rings. The Bertz CT molecular complexity index is 566. The van der Waals surface area contributed by atoms with Gasteiger partial charge in [-0.25, -0.2) is 9.18 Å². The number of alkyl halides is 1. The van der Waals surface area contributed by atoms with Crippen LogP contribution in [-0.2, 0) is 4.79 Å². The molecule has 3 nitrogen and oxygen atoms in total. The summed E-state index contributed by atoms with van der Waals surface area (Å²) in [6, 6.07) is 10.0. The summed E-state index contributed by atoms with van der Waals surface area (Å²) in [6.45, 7) is 0. The fourth-order valence-corrected chi connectivity index (χ4v) is 1.67. The normalized spacial score (nSPS) is 12.4. The first-order chi connectivity index (χ1) is 8.11. The highest BCUT2D eigenvalue weighted by Crippen LogP contribution is 2.25. The maximum Gasteiger partial charge on any atom is 0.343 e. The molecule has 0 saturated heterocycles. The van der Waals surface area contributed by atoms with Gasteiger partial charge < -0.3 is 9.84 Å². The number of carbonyl (C=O) groups is 1. The maximum atomic E-state index is 13.3. The van der Waals surface area contributed by atoms with Crippen molar-refractivity contribution in [1.29, 1.82) is 0 Å². The molecular weight excluding hydrogens is 223 g/mol. The molecule has 0 aliphatic heterocycles. The number of ether oxygens (including phenoxy) is 1. The van der Waals surface area contributed by atoms with Crippen molar-refractivity contribution in [2.45, 2.75) is 6.17 Å². The van der Waals surface area contributed by atoms with Crippen molar-refractivity contribution in [3.05, 3.63) is 42.0 Å². The van der Waals surface area contributed by atoms with Crippen molar-refractivity contribution >= 4 is 16.7 Å². The second-order valence-electron chi connectivity index (χ2n) is 3.67. The van der Waals surface area contributed by atoms with Gasteiger partial charge in [-0.2, -0.15) is 0 Å². The number of fused-ring (bicyclic) bond motifs is 1. The smallest absolute Gasteiger partial charge is 0.343 e. The molecule has 0 amide bonds. The fraction of sp³-hybridized carbons (Fsp3) is 0.154. The van der Waals surface area contributed by atoms with Crippen molar-refractivity contribution in [2.24, 2.45) is 0 Å². The molecule has 1 unspecified atom stereocenters. The van der Waals surface area contributed by atoms with Crippen LogP contribution in [0, 0.1) is 0 Å². The largest absolute Gasteiger partial charge is 0.497 e. The Hall–Kier alpha value is -2.10. The van der Waals surface area contributed by atoms with Crippen LogP contribution in [0.2, 0.25) is 0 Å². The topological polar surface area (TPSA) is 46.5 Å². The van der Waals surface area contributed by atoms with E-state index in [1.807, 2.05) is 6.07 Å². The minimum absolute atomic E-state index is 0.148. The molecule has 1 atom stereocenters. The summed E-state index contributed by atoms with van der Waals surface area (Å²) in [5.41, 5.74) is 0.148. The van der Waals surface area contributed by atoms with E-state index in [0.29, 0.717) is 5.75 Å². The number of benzene rings is 2. The second kappa shape index (κ2) is 4.41. The molecule has 0 bridgehead atoms. The standard InChI is InChI=1S/C13H11FO3/c1-17-11-5-4-8-6-10(12(14)13(15)16)3-2-9(8)7-11/h2-7,12H,1H3,(H,15,16). The van der Waals surface area contributed by atoms with Gasteiger partial charge in [-0.3, -0.25) is 0 Å². The summed E-state index contributed by atoms with van der Waals surface area (Å²) < 4.78 is 18.4. The van der Waals surface area contributed by atoms with Crippen molar-refractivity contribution in [1.82, 2.24) is 0 Å². The van der Waals surface area contributed by atoms with E-state index >= 15 is 0 Å². The van der Waals surface area contributed by atoms with E-state index in [4.69, 9.17) is 9.84 Å². The number of carboxylic acid groups (broad SMARTS) is 1. The van der Waals surface area contributed by atoms with E-state index in [2.05, 4.69) is 0 Å². The van der Waals surface area contributed by atoms with Crippen molar-refractivity contribution in [3.8, 4) is 5.75 Å². The van der Waals surface area contributed by atoms with Gasteiger partial charge in [0.1, 0.15) is 5.75 Å². The Morgan fingerprint density at radius 3 is 2.53 bits per heavy atom. The van der Waals surface area contributed by atoms with Crippen molar-refractivity contribution in [2.75, 3.05) is 7.11 Å². The first-order valence-corrected chi connectivity index (χ1v) is 5.06. The Morgan fingerprint density at radius 1 is 1.24 bits per heavy atom. The molecule has 88 valence electrons. The maximum absolute atomic E-state index is 13.3. The van der Waals surface area contributed by atoms with Crippen LogP contribution in [-0.4, -0.2) is 18.2 Å². The lowest BCUT2D eigenvalue weighted by Gasteiger charge is -2.06. The van der Waals surface area contributed by atoms with Crippen LogP contribution in [0.25, 0.3) is 10.8 Å². The van der Waals surface area contributed by atoms with E-state index in [9.17, 15) is 9.18 Å². The molecular formula is C13H11FO3. The number of hydrogen-bond acceptors (Lipinski definition) is 2. The molecule has 0 saturated carbocycles. The minimum Gasteiger partial charge on any atom is -0.497 e. The number of halogens is 1. The van der Waals surface area contributed by atoms with Crippen molar-refractivity contribution < 1.29 is 19.0 Å². The zero-order valence-electron chi connectivity index (χ0n) is 9.18. The predicted octanol–water partition coefficient (Wildman–Crippen LogP) is 2.94. The summed E-state index contributed by atoms with van der Waals surface area (Å²) in [5.74, 6) is -0.766. The highest BCUT2D eigenvalue weighted by molar-refractivity contribution is 5.86. The SMILES string of the molecule is COc1ccc2cc(C(F)C(=O)O)ccc2c1. The predicted molar refractivity (Wildman–Crippen MR) is 62.0 cm³/mol. The van der Waals surface area contributed by atoms with E-state index in [-0.39, 0.29) is 5.56 Å². The van der Waals surface area contributed by atoms with Gasteiger partial charge in [0.25, 0.3) is 0 Å². The Kier molecular flexibility index (Phi) is 2.95. The molecule has 0 spiro atoms. The molecule has 0 aromatic heterocycles. The third kappa shape index (κ3) is 2.20. The Balaban J connectivity index is 2.48. The van der Waals surface area contributed by atoms with Gasteiger partial charge in [-0.1, -0.05) is 18.2 Å². The molecule has 2 aromatic carbocycles. The molecule has 17 heavy (non-hydrogen) atoms. The van der Waals surface area contributed by atoms with Gasteiger partial charge in [0.05, 0.1) is 7.11 Å². The molecule has 0 heterocycles. The minimum atomic E-state index is -1.98. The Morgan fingerprint density at radius 2 is 1.88 bits per heavy atom. The van der Waals surface area contributed by atoms with Crippen LogP contribution >= 0.6 is 0 Å². The lowest BCUT2D eigenvalue weighted by Crippen LogP contribution is -2.05. The summed E-state index contributed by atoms with van der Waals surface area (Å²) >= 11 is 0. The first kappa shape index (κ1) is 11.4. The molecule has 4 heteroatoms. The van der Waals surface area contributed by atoms with Gasteiger partial charge in [0.15, 0.2) is 0 Å². The quantitative estimate of drug-likeness (QED) is 0.888. The summed E-state index contributed by atoms with van der Waals surface area (Å²) in [6.07, 6.45) is -1.98. The van der Waals surface area contributed by atoms with Crippen LogP contribution in [0.3, 0.4) is 0 Å². The van der Waals surface area contributed by atoms with E-state index in [1.165, 1.54) is 12.1 Å². The summed E-state index contributed by atoms with van der Waals surface area (Å²) in [7, 11) is 1.57. The molecule has 0 aliphatic carbocycles. The number of carboxylic acids is 1. The molecule has 0 radical (unpaired) electrons. The third-order valence-corrected chi connectivity index (χ3v) is 2.58. The highest BCUT2D eigenvalue weighted by atomic mass is 19.1. The Labute approximate surface area is 97.4 Å². The average molecular weight is 234 g/mol. The van der Waals surface area contributed by atoms with E-state index in [1.54, 1.807) is 25.3 Å². The number of methoxy groups -OCH3 is 1. The summed E-state index contributed by atoms with van der Waals surface area (Å²) in [5, 5.41) is 10.3. The lowest BCUT2D eigenvalue weighted by molar-refractivity contribution is -0.143. The van der Waals surface area contributed by atoms with Gasteiger partial charge >= 0.3 is 5.97 Å². The molecule has 2 rings (SSSR count). The highest BCUT2D eigenvalue weighted by Gasteiger charge is 2.18. The molecule has 1 N–H and O–H groups in total. The van der Waals surface area contributed by atoms with Crippen LogP contribution in [0.15, 0.2) is 36.4 Å². The van der Waals surface area contributed by atoms with Gasteiger partial charge in [0, 0.05) is 0 Å². The number of rotatable bonds is 3. The molecule has 2 aromatic rings. The van der Waals surface area contributed by atoms with Gasteiger partial charge in [-0.15, -0.1) is 0 Å². The molecule has 0 fully saturated rings. The van der Waals surface area contributed by atoms with Crippen LogP contribution < -0.4 is 4.74 Å². The third-order valence-electron chi connectivity index (χ3n) is 2.58. The fourth-order valence-electron chi connectivity index (χ4n) is 1.67. The second-order valence-corrected chi connectivity index (χ2v) is 3.67. The van der Waals surface area contributed by atoms with Crippen LogP contribution in [0.4, 0.5) is 4.39 Å². The number of hydrogen-bond donors (Lipinski definition) is 1. The van der Waals surface area contributed by atoms with Crippen LogP contribution in [0.5, 0.6) is 5.75 Å². The zero-order valence-corrected chi connectivity index (χ0v) is 9.18. The van der Waals surface area contributed by atoms with Gasteiger partial charge in [0.2, 0.25) is 6.17 Å². The van der Waals surface area contributed by atoms with Crippen LogP contribution in [0.1, 0.15) is 11.7 Å². The average Bonchev–Trinajstić information content (AvgIpc) is 2.36. The number of aliphatic carboxylic acids is 1. The first-order valence-electron chi connectivity index (χ1n) is 5.06. The monoisotopic (exact) mass is 234 g/mol. The van der Waals surface area contributed by atoms with E-state index in [0.717, 1.165) is 10.8 Å². The van der Waals surface area contributed by atoms with E-state index < -0.39 is 12.1 Å². The zero-order chi connectivity index (χ0) is 12.4. The lowest BCUT2D eigenvalue weighted by atomic mass is 10.0. The van der Waals surface area contributed by atoms with Gasteiger partial charge in [-0.05, 0) is 34.5 Å².